The fourth-order valence-corrected chi connectivity index (χ4v) is 2.87. The Hall–Kier alpha value is -3.55. The number of aryl methyl sites for hydroxylation is 1. The molecule has 8 nitrogen and oxygen atoms in total. The first-order chi connectivity index (χ1) is 13.0. The highest BCUT2D eigenvalue weighted by atomic mass is 16.5. The van der Waals surface area contributed by atoms with Crippen LogP contribution in [0.25, 0.3) is 11.1 Å². The molecule has 1 aromatic carbocycles. The molecule has 0 radical (unpaired) electrons. The summed E-state index contributed by atoms with van der Waals surface area (Å²) in [6.07, 6.45) is 6.35. The molecule has 2 heterocycles. The molecular formula is C19H18N2O6. The molecule has 0 aliphatic carbocycles. The smallest absolute Gasteiger partial charge is 0.419 e. The average molecular weight is 370 g/mol. The van der Waals surface area contributed by atoms with Crippen molar-refractivity contribution in [1.29, 1.82) is 0 Å². The number of carbonyl (C=O) groups is 2. The summed E-state index contributed by atoms with van der Waals surface area (Å²) < 4.78 is 16.4. The van der Waals surface area contributed by atoms with Gasteiger partial charge in [0.2, 0.25) is 0 Å². The van der Waals surface area contributed by atoms with E-state index in [9.17, 15) is 14.4 Å². The van der Waals surface area contributed by atoms with Crippen molar-refractivity contribution in [2.24, 2.45) is 0 Å². The van der Waals surface area contributed by atoms with Gasteiger partial charge in [-0.05, 0) is 31.2 Å². The van der Waals surface area contributed by atoms with Gasteiger partial charge in [0.05, 0.1) is 25.3 Å². The molecule has 0 N–H and O–H groups in total. The number of allylic oxidation sites excluding steroid dienone is 2. The minimum atomic E-state index is -0.709. The van der Waals surface area contributed by atoms with Crippen LogP contribution in [0.3, 0.4) is 0 Å². The third-order valence-corrected chi connectivity index (χ3v) is 4.14. The fourth-order valence-electron chi connectivity index (χ4n) is 2.87. The molecule has 0 fully saturated rings. The second-order valence-electron chi connectivity index (χ2n) is 5.58. The summed E-state index contributed by atoms with van der Waals surface area (Å²) in [6, 6.07) is 5.06. The van der Waals surface area contributed by atoms with Gasteiger partial charge in [-0.3, -0.25) is 4.57 Å². The summed E-state index contributed by atoms with van der Waals surface area (Å²) in [4.78, 5) is 38.0. The molecule has 1 aromatic heterocycles. The van der Waals surface area contributed by atoms with E-state index in [1.54, 1.807) is 36.6 Å². The van der Waals surface area contributed by atoms with Gasteiger partial charge in [-0.25, -0.2) is 14.4 Å². The zero-order valence-corrected chi connectivity index (χ0v) is 15.1. The molecule has 0 unspecified atom stereocenters. The van der Waals surface area contributed by atoms with Gasteiger partial charge in [0.1, 0.15) is 5.70 Å². The SMILES string of the molecule is CCn1c(=O)oc2cc(N3C=CC=CC(C(=O)OC)=C3C(=O)OC)ccc21. The minimum Gasteiger partial charge on any atom is -0.465 e. The van der Waals surface area contributed by atoms with E-state index in [0.717, 1.165) is 0 Å². The number of nitrogens with zero attached hydrogens (tertiary/aromatic N) is 2. The Morgan fingerprint density at radius 2 is 1.85 bits per heavy atom. The van der Waals surface area contributed by atoms with Crippen LogP contribution in [0.15, 0.2) is 63.1 Å². The number of esters is 2. The zero-order chi connectivity index (χ0) is 19.6. The predicted molar refractivity (Wildman–Crippen MR) is 98.0 cm³/mol. The van der Waals surface area contributed by atoms with Gasteiger partial charge >= 0.3 is 17.7 Å². The fraction of sp³-hybridized carbons (Fsp3) is 0.211. The standard InChI is InChI=1S/C19H18N2O6/c1-4-20-14-9-8-12(11-15(14)27-19(20)24)21-10-6-5-7-13(17(22)25-2)16(21)18(23)26-3/h5-11H,4H2,1-3H3. The van der Waals surface area contributed by atoms with E-state index in [2.05, 4.69) is 0 Å². The van der Waals surface area contributed by atoms with Gasteiger partial charge in [-0.1, -0.05) is 6.08 Å². The number of methoxy groups -OCH3 is 2. The van der Waals surface area contributed by atoms with E-state index in [1.165, 1.54) is 29.8 Å². The molecule has 140 valence electrons. The average Bonchev–Trinajstić information content (AvgIpc) is 2.85. The number of aromatic nitrogens is 1. The highest BCUT2D eigenvalue weighted by Gasteiger charge is 2.27. The second kappa shape index (κ2) is 7.36. The van der Waals surface area contributed by atoms with Gasteiger partial charge in [-0.2, -0.15) is 0 Å². The third-order valence-electron chi connectivity index (χ3n) is 4.14. The molecule has 0 atom stereocenters. The van der Waals surface area contributed by atoms with Crippen molar-refractivity contribution in [1.82, 2.24) is 4.57 Å². The van der Waals surface area contributed by atoms with Crippen LogP contribution in [-0.2, 0) is 25.6 Å². The van der Waals surface area contributed by atoms with E-state index < -0.39 is 17.7 Å². The topological polar surface area (TPSA) is 91.0 Å². The minimum absolute atomic E-state index is 0.00836. The molecule has 0 spiro atoms. The summed E-state index contributed by atoms with van der Waals surface area (Å²) in [6.45, 7) is 2.31. The van der Waals surface area contributed by atoms with Crippen molar-refractivity contribution < 1.29 is 23.5 Å². The highest BCUT2D eigenvalue weighted by molar-refractivity contribution is 6.05. The van der Waals surface area contributed by atoms with Crippen LogP contribution >= 0.6 is 0 Å². The molecule has 27 heavy (non-hydrogen) atoms. The van der Waals surface area contributed by atoms with Crippen molar-refractivity contribution in [3.05, 3.63) is 64.4 Å². The molecule has 1 aliphatic heterocycles. The number of carbonyl (C=O) groups excluding carboxylic acids is 2. The maximum Gasteiger partial charge on any atom is 0.419 e. The molecule has 0 saturated heterocycles. The van der Waals surface area contributed by atoms with Gasteiger partial charge in [0.25, 0.3) is 0 Å². The van der Waals surface area contributed by atoms with Crippen LogP contribution < -0.4 is 10.7 Å². The van der Waals surface area contributed by atoms with Crippen molar-refractivity contribution in [3.63, 3.8) is 0 Å². The number of anilines is 1. The predicted octanol–water partition coefficient (Wildman–Crippen LogP) is 2.10. The number of benzene rings is 1. The van der Waals surface area contributed by atoms with Crippen LogP contribution in [0, 0.1) is 0 Å². The number of fused-ring (bicyclic) bond motifs is 1. The number of oxazole rings is 1. The van der Waals surface area contributed by atoms with Crippen molar-refractivity contribution in [2.75, 3.05) is 19.1 Å². The Morgan fingerprint density at radius 3 is 2.52 bits per heavy atom. The van der Waals surface area contributed by atoms with Crippen LogP contribution in [0.4, 0.5) is 5.69 Å². The maximum atomic E-state index is 12.4. The molecule has 1 aliphatic rings. The number of hydrogen-bond donors (Lipinski definition) is 0. The van der Waals surface area contributed by atoms with E-state index in [1.807, 2.05) is 6.92 Å². The lowest BCUT2D eigenvalue weighted by atomic mass is 10.1. The number of rotatable bonds is 4. The molecule has 3 rings (SSSR count). The summed E-state index contributed by atoms with van der Waals surface area (Å²) >= 11 is 0. The van der Waals surface area contributed by atoms with E-state index in [-0.39, 0.29) is 11.3 Å². The Bertz CT molecular complexity index is 1050. The van der Waals surface area contributed by atoms with Crippen molar-refractivity contribution >= 4 is 28.7 Å². The molecule has 0 saturated carbocycles. The van der Waals surface area contributed by atoms with Crippen LogP contribution in [0.5, 0.6) is 0 Å². The van der Waals surface area contributed by atoms with Gasteiger partial charge < -0.3 is 18.8 Å². The molecule has 0 amide bonds. The van der Waals surface area contributed by atoms with Crippen molar-refractivity contribution in [2.45, 2.75) is 13.5 Å². The first kappa shape index (κ1) is 18.2. The lowest BCUT2D eigenvalue weighted by molar-refractivity contribution is -0.139. The van der Waals surface area contributed by atoms with Crippen LogP contribution in [0.1, 0.15) is 6.92 Å². The maximum absolute atomic E-state index is 12.4. The first-order valence-electron chi connectivity index (χ1n) is 8.20. The Balaban J connectivity index is 2.21. The van der Waals surface area contributed by atoms with E-state index >= 15 is 0 Å². The monoisotopic (exact) mass is 370 g/mol. The van der Waals surface area contributed by atoms with Crippen LogP contribution in [0.2, 0.25) is 0 Å². The largest absolute Gasteiger partial charge is 0.465 e. The summed E-state index contributed by atoms with van der Waals surface area (Å²) in [5.74, 6) is -1.85. The highest BCUT2D eigenvalue weighted by Crippen LogP contribution is 2.29. The zero-order valence-electron chi connectivity index (χ0n) is 15.1. The van der Waals surface area contributed by atoms with Crippen LogP contribution in [-0.4, -0.2) is 30.7 Å². The number of ether oxygens (including phenoxy) is 2. The third kappa shape index (κ3) is 3.17. The molecule has 0 bridgehead atoms. The summed E-state index contributed by atoms with van der Waals surface area (Å²) in [7, 11) is 2.46. The van der Waals surface area contributed by atoms with Gasteiger partial charge in [-0.15, -0.1) is 0 Å². The summed E-state index contributed by atoms with van der Waals surface area (Å²) in [5, 5.41) is 0. The Morgan fingerprint density at radius 1 is 1.11 bits per heavy atom. The quantitative estimate of drug-likeness (QED) is 0.761. The lowest BCUT2D eigenvalue weighted by Gasteiger charge is -2.23. The number of hydrogen-bond acceptors (Lipinski definition) is 7. The lowest BCUT2D eigenvalue weighted by Crippen LogP contribution is -2.26. The van der Waals surface area contributed by atoms with E-state index in [4.69, 9.17) is 13.9 Å². The van der Waals surface area contributed by atoms with E-state index in [0.29, 0.717) is 23.3 Å². The summed E-state index contributed by atoms with van der Waals surface area (Å²) in [5.41, 5.74) is 1.56. The molecule has 8 heteroatoms. The van der Waals surface area contributed by atoms with Gasteiger partial charge in [0.15, 0.2) is 5.58 Å². The first-order valence-corrected chi connectivity index (χ1v) is 8.20. The molecular weight excluding hydrogens is 352 g/mol. The Labute approximate surface area is 154 Å². The second-order valence-corrected chi connectivity index (χ2v) is 5.58. The molecule has 2 aromatic rings. The normalized spacial score (nSPS) is 13.8. The van der Waals surface area contributed by atoms with Gasteiger partial charge in [0, 0.05) is 24.5 Å². The Kier molecular flexibility index (Phi) is 4.98. The van der Waals surface area contributed by atoms with Crippen molar-refractivity contribution in [3.8, 4) is 0 Å².